The van der Waals surface area contributed by atoms with Gasteiger partial charge in [0.25, 0.3) is 12.1 Å². The van der Waals surface area contributed by atoms with Crippen molar-refractivity contribution >= 4 is 6.21 Å². The lowest BCUT2D eigenvalue weighted by Crippen LogP contribution is -1.88. The van der Waals surface area contributed by atoms with Crippen molar-refractivity contribution < 1.29 is 9.66 Å². The van der Waals surface area contributed by atoms with Crippen LogP contribution in [-0.4, -0.2) is 17.7 Å². The molecule has 0 aromatic carbocycles. The molecule has 0 aromatic heterocycles. The second-order valence-corrected chi connectivity index (χ2v) is 1.38. The van der Waals surface area contributed by atoms with Crippen molar-refractivity contribution in [3.63, 3.8) is 0 Å². The average Bonchev–Trinajstić information content (AvgIpc) is 2.15. The van der Waals surface area contributed by atoms with Crippen LogP contribution in [0.1, 0.15) is 0 Å². The Balaban J connectivity index is 2.61. The largest absolute Gasteiger partial charge is 0.467 e. The smallest absolute Gasteiger partial charge is 0.296 e. The predicted octanol–water partition coefficient (Wildman–Crippen LogP) is 0.163. The molecule has 0 unspecified atom stereocenters. The van der Waals surface area contributed by atoms with Crippen LogP contribution in [0.4, 0.5) is 0 Å². The maximum atomic E-state index is 9.73. The summed E-state index contributed by atoms with van der Waals surface area (Å²) in [6, 6.07) is 0. The molecular formula is C4H4N2O3. The molecule has 9 heavy (non-hydrogen) atoms. The van der Waals surface area contributed by atoms with Gasteiger partial charge in [-0.05, 0) is 0 Å². The maximum absolute atomic E-state index is 9.73. The van der Waals surface area contributed by atoms with Crippen molar-refractivity contribution in [1.29, 1.82) is 0 Å². The quantitative estimate of drug-likeness (QED) is 0.373. The summed E-state index contributed by atoms with van der Waals surface area (Å²) in [6.45, 7) is 0.333. The molecule has 0 spiro atoms. The zero-order chi connectivity index (χ0) is 6.69. The maximum Gasteiger partial charge on any atom is 0.296 e. The molecule has 1 heterocycles. The van der Waals surface area contributed by atoms with Crippen LogP contribution < -0.4 is 0 Å². The van der Waals surface area contributed by atoms with Crippen molar-refractivity contribution in [2.24, 2.45) is 4.99 Å². The van der Waals surface area contributed by atoms with Gasteiger partial charge < -0.3 is 4.74 Å². The normalized spacial score (nSPS) is 20.2. The Morgan fingerprint density at radius 2 is 2.78 bits per heavy atom. The van der Waals surface area contributed by atoms with E-state index in [-0.39, 0.29) is 5.88 Å². The van der Waals surface area contributed by atoms with E-state index in [0.29, 0.717) is 6.61 Å². The van der Waals surface area contributed by atoms with Crippen molar-refractivity contribution in [1.82, 2.24) is 0 Å². The molecule has 0 N–H and O–H groups in total. The van der Waals surface area contributed by atoms with Gasteiger partial charge in [-0.15, -0.1) is 0 Å². The van der Waals surface area contributed by atoms with Crippen LogP contribution in [0.15, 0.2) is 17.1 Å². The topological polar surface area (TPSA) is 64.7 Å². The summed E-state index contributed by atoms with van der Waals surface area (Å²) in [7, 11) is 0. The third kappa shape index (κ3) is 1.52. The van der Waals surface area contributed by atoms with E-state index in [1.807, 2.05) is 0 Å². The van der Waals surface area contributed by atoms with E-state index in [2.05, 4.69) is 9.73 Å². The van der Waals surface area contributed by atoms with Crippen molar-refractivity contribution in [2.75, 3.05) is 6.61 Å². The molecule has 1 rings (SSSR count). The van der Waals surface area contributed by atoms with Gasteiger partial charge in [-0.1, -0.05) is 0 Å². The Morgan fingerprint density at radius 3 is 3.22 bits per heavy atom. The molecule has 0 atom stereocenters. The van der Waals surface area contributed by atoms with E-state index in [1.165, 1.54) is 6.21 Å². The van der Waals surface area contributed by atoms with Crippen LogP contribution in [0.5, 0.6) is 0 Å². The Morgan fingerprint density at radius 1 is 2.00 bits per heavy atom. The van der Waals surface area contributed by atoms with E-state index in [9.17, 15) is 10.1 Å². The molecular weight excluding hydrogens is 124 g/mol. The van der Waals surface area contributed by atoms with Crippen LogP contribution in [0.2, 0.25) is 0 Å². The highest BCUT2D eigenvalue weighted by Gasteiger charge is 2.04. The van der Waals surface area contributed by atoms with Gasteiger partial charge in [0.15, 0.2) is 0 Å². The van der Waals surface area contributed by atoms with Crippen molar-refractivity contribution in [2.45, 2.75) is 0 Å². The van der Waals surface area contributed by atoms with E-state index in [0.717, 1.165) is 6.20 Å². The van der Waals surface area contributed by atoms with Crippen LogP contribution >= 0.6 is 0 Å². The molecule has 5 nitrogen and oxygen atoms in total. The molecule has 1 aliphatic heterocycles. The van der Waals surface area contributed by atoms with Crippen LogP contribution in [-0.2, 0) is 4.74 Å². The summed E-state index contributed by atoms with van der Waals surface area (Å²) < 4.78 is 4.66. The summed E-state index contributed by atoms with van der Waals surface area (Å²) in [6.07, 6.45) is 2.19. The first-order valence-corrected chi connectivity index (χ1v) is 2.29. The Bertz CT molecular complexity index is 184. The molecule has 1 aliphatic rings. The van der Waals surface area contributed by atoms with E-state index >= 15 is 0 Å². The van der Waals surface area contributed by atoms with Gasteiger partial charge in [0.2, 0.25) is 0 Å². The second-order valence-electron chi connectivity index (χ2n) is 1.38. The third-order valence-electron chi connectivity index (χ3n) is 0.740. The fourth-order valence-corrected chi connectivity index (χ4v) is 0.448. The minimum absolute atomic E-state index is 0.0694. The molecule has 0 amide bonds. The highest BCUT2D eigenvalue weighted by molar-refractivity contribution is 5.62. The van der Waals surface area contributed by atoms with Gasteiger partial charge in [0.05, 0.1) is 4.92 Å². The predicted molar refractivity (Wildman–Crippen MR) is 29.5 cm³/mol. The molecule has 0 radical (unpaired) electrons. The zero-order valence-electron chi connectivity index (χ0n) is 4.48. The van der Waals surface area contributed by atoms with Gasteiger partial charge in [-0.3, -0.25) is 10.1 Å². The van der Waals surface area contributed by atoms with E-state index < -0.39 is 4.92 Å². The van der Waals surface area contributed by atoms with Crippen LogP contribution in [0.3, 0.4) is 0 Å². The number of ether oxygens (including phenoxy) is 1. The monoisotopic (exact) mass is 128 g/mol. The first-order valence-electron chi connectivity index (χ1n) is 2.29. The van der Waals surface area contributed by atoms with Crippen LogP contribution in [0, 0.1) is 10.1 Å². The summed E-state index contributed by atoms with van der Waals surface area (Å²) in [5.74, 6) is 0.0694. The highest BCUT2D eigenvalue weighted by atomic mass is 16.6. The fraction of sp³-hybridized carbons (Fsp3) is 0.250. The van der Waals surface area contributed by atoms with Crippen LogP contribution in [0.25, 0.3) is 0 Å². The van der Waals surface area contributed by atoms with Gasteiger partial charge in [-0.25, -0.2) is 4.99 Å². The van der Waals surface area contributed by atoms with Crippen molar-refractivity contribution in [3.8, 4) is 0 Å². The van der Waals surface area contributed by atoms with Gasteiger partial charge in [0.1, 0.15) is 6.61 Å². The lowest BCUT2D eigenvalue weighted by Gasteiger charge is -1.87. The lowest BCUT2D eigenvalue weighted by molar-refractivity contribution is -0.405. The number of hydrogen-bond donors (Lipinski definition) is 0. The molecule has 0 aromatic rings. The average molecular weight is 128 g/mol. The first kappa shape index (κ1) is 5.74. The molecule has 48 valence electrons. The van der Waals surface area contributed by atoms with E-state index in [1.54, 1.807) is 0 Å². The minimum atomic E-state index is -0.599. The lowest BCUT2D eigenvalue weighted by atomic mass is 10.8. The minimum Gasteiger partial charge on any atom is -0.467 e. The Hall–Kier alpha value is -1.39. The SMILES string of the molecule is O=[N+]([O-])C=C1N=CCO1. The first-order chi connectivity index (χ1) is 4.29. The summed E-state index contributed by atoms with van der Waals surface area (Å²) in [5.41, 5.74) is 0. The molecule has 5 heteroatoms. The molecule has 0 fully saturated rings. The zero-order valence-corrected chi connectivity index (χ0v) is 4.48. The van der Waals surface area contributed by atoms with Gasteiger partial charge in [-0.2, -0.15) is 0 Å². The summed E-state index contributed by atoms with van der Waals surface area (Å²) in [4.78, 5) is 12.7. The third-order valence-corrected chi connectivity index (χ3v) is 0.740. The number of nitrogens with zero attached hydrogens (tertiary/aromatic N) is 2. The van der Waals surface area contributed by atoms with Gasteiger partial charge in [0, 0.05) is 6.21 Å². The van der Waals surface area contributed by atoms with Gasteiger partial charge >= 0.3 is 0 Å². The fourth-order valence-electron chi connectivity index (χ4n) is 0.448. The number of aliphatic imine (C=N–C) groups is 1. The number of rotatable bonds is 1. The van der Waals surface area contributed by atoms with Crippen molar-refractivity contribution in [3.05, 3.63) is 22.2 Å². The Labute approximate surface area is 50.8 Å². The summed E-state index contributed by atoms with van der Waals surface area (Å²) in [5, 5.41) is 9.73. The Kier molecular flexibility index (Phi) is 1.44. The highest BCUT2D eigenvalue weighted by Crippen LogP contribution is 2.02. The molecule has 0 saturated carbocycles. The number of hydrogen-bond acceptors (Lipinski definition) is 4. The molecule has 0 saturated heterocycles. The second kappa shape index (κ2) is 2.25. The summed E-state index contributed by atoms with van der Waals surface area (Å²) >= 11 is 0. The molecule has 0 bridgehead atoms. The molecule has 0 aliphatic carbocycles. The number of nitro groups is 1. The standard InChI is InChI=1S/C4H4N2O3/c7-6(8)3-4-5-1-2-9-4/h1,3H,2H2. The van der Waals surface area contributed by atoms with E-state index in [4.69, 9.17) is 0 Å².